The summed E-state index contributed by atoms with van der Waals surface area (Å²) in [5.74, 6) is -0.0163. The summed E-state index contributed by atoms with van der Waals surface area (Å²) in [5, 5.41) is 7.48. The van der Waals surface area contributed by atoms with Crippen LogP contribution < -0.4 is 20.5 Å². The third kappa shape index (κ3) is 6.00. The average molecular weight is 479 g/mol. The first-order chi connectivity index (χ1) is 17.2. The molecule has 10 nitrogen and oxygen atoms in total. The molecule has 2 aliphatic heterocycles. The molecule has 0 unspecified atom stereocenters. The van der Waals surface area contributed by atoms with Gasteiger partial charge in [0.15, 0.2) is 11.6 Å². The van der Waals surface area contributed by atoms with Crippen LogP contribution in [0, 0.1) is 5.82 Å². The lowest BCUT2D eigenvalue weighted by Crippen LogP contribution is -2.37. The molecule has 0 atom stereocenters. The van der Waals surface area contributed by atoms with Crippen LogP contribution in [0.4, 0.5) is 33.2 Å². The molecule has 182 valence electrons. The summed E-state index contributed by atoms with van der Waals surface area (Å²) in [4.78, 5) is 16.8. The molecule has 3 aromatic rings. The Bertz CT molecular complexity index is 1130. The minimum atomic E-state index is -0.470. The molecule has 0 amide bonds. The van der Waals surface area contributed by atoms with Crippen LogP contribution in [0.3, 0.4) is 0 Å². The lowest BCUT2D eigenvalue weighted by Gasteiger charge is -2.28. The van der Waals surface area contributed by atoms with Gasteiger partial charge in [-0.3, -0.25) is 4.98 Å². The minimum Gasteiger partial charge on any atom is -0.378 e. The van der Waals surface area contributed by atoms with Gasteiger partial charge in [0, 0.05) is 37.6 Å². The van der Waals surface area contributed by atoms with E-state index >= 15 is 0 Å². The van der Waals surface area contributed by atoms with Crippen molar-refractivity contribution in [3.63, 3.8) is 0 Å². The minimum absolute atomic E-state index is 0.211. The van der Waals surface area contributed by atoms with Crippen molar-refractivity contribution in [2.45, 2.75) is 0 Å². The van der Waals surface area contributed by atoms with Gasteiger partial charge in [-0.1, -0.05) is 0 Å². The van der Waals surface area contributed by atoms with Crippen molar-refractivity contribution < 1.29 is 13.9 Å². The highest BCUT2D eigenvalue weighted by Crippen LogP contribution is 2.22. The third-order valence-corrected chi connectivity index (χ3v) is 5.72. The van der Waals surface area contributed by atoms with Crippen molar-refractivity contribution in [3.8, 4) is 0 Å². The number of benzene rings is 1. The molecule has 0 aliphatic carbocycles. The van der Waals surface area contributed by atoms with Crippen LogP contribution in [0.15, 0.2) is 53.9 Å². The molecule has 4 heterocycles. The van der Waals surface area contributed by atoms with Crippen LogP contribution in [0.5, 0.6) is 0 Å². The van der Waals surface area contributed by atoms with Crippen molar-refractivity contribution >= 4 is 35.0 Å². The Morgan fingerprint density at radius 2 is 1.51 bits per heavy atom. The Morgan fingerprint density at radius 3 is 2.20 bits per heavy atom. The van der Waals surface area contributed by atoms with E-state index < -0.39 is 5.82 Å². The van der Waals surface area contributed by atoms with E-state index in [-0.39, 0.29) is 11.8 Å². The maximum Gasteiger partial charge on any atom is 0.245 e. The lowest BCUT2D eigenvalue weighted by atomic mass is 10.2. The number of ether oxygens (including phenoxy) is 2. The van der Waals surface area contributed by atoms with Gasteiger partial charge in [-0.2, -0.15) is 10.1 Å². The molecule has 2 N–H and O–H groups in total. The zero-order valence-electron chi connectivity index (χ0n) is 19.2. The van der Waals surface area contributed by atoms with Crippen molar-refractivity contribution in [2.75, 3.05) is 73.1 Å². The molecule has 0 saturated carbocycles. The summed E-state index contributed by atoms with van der Waals surface area (Å²) in [5.41, 5.74) is 6.44. The number of anilines is 5. The maximum atomic E-state index is 14.1. The molecule has 0 radical (unpaired) electrons. The van der Waals surface area contributed by atoms with E-state index in [0.717, 1.165) is 43.9 Å². The van der Waals surface area contributed by atoms with Gasteiger partial charge in [-0.05, 0) is 36.4 Å². The van der Waals surface area contributed by atoms with E-state index in [1.165, 1.54) is 5.69 Å². The van der Waals surface area contributed by atoms with Crippen LogP contribution in [0.2, 0.25) is 0 Å². The fraction of sp³-hybridized carbons (Fsp3) is 0.333. The number of hydrogen-bond donors (Lipinski definition) is 2. The molecular weight excluding hydrogens is 451 g/mol. The second kappa shape index (κ2) is 11.1. The van der Waals surface area contributed by atoms with Gasteiger partial charge in [0.1, 0.15) is 0 Å². The molecule has 5 rings (SSSR count). The van der Waals surface area contributed by atoms with E-state index in [1.54, 1.807) is 12.4 Å². The van der Waals surface area contributed by atoms with E-state index in [1.807, 2.05) is 17.0 Å². The van der Waals surface area contributed by atoms with Crippen molar-refractivity contribution in [3.05, 3.63) is 60.3 Å². The molecule has 2 saturated heterocycles. The first kappa shape index (κ1) is 22.9. The summed E-state index contributed by atoms with van der Waals surface area (Å²) in [6, 6.07) is 12.1. The van der Waals surface area contributed by atoms with Crippen molar-refractivity contribution in [1.29, 1.82) is 0 Å². The summed E-state index contributed by atoms with van der Waals surface area (Å²) < 4.78 is 24.9. The van der Waals surface area contributed by atoms with Crippen molar-refractivity contribution in [1.82, 2.24) is 15.0 Å². The Kier molecular flexibility index (Phi) is 7.25. The monoisotopic (exact) mass is 478 g/mol. The van der Waals surface area contributed by atoms with Gasteiger partial charge in [-0.25, -0.2) is 14.8 Å². The number of hydrazone groups is 1. The van der Waals surface area contributed by atoms with Crippen LogP contribution in [-0.4, -0.2) is 73.8 Å². The second-order valence-corrected chi connectivity index (χ2v) is 8.08. The van der Waals surface area contributed by atoms with Gasteiger partial charge in [0.05, 0.1) is 56.4 Å². The highest BCUT2D eigenvalue weighted by molar-refractivity contribution is 5.78. The van der Waals surface area contributed by atoms with E-state index in [9.17, 15) is 4.39 Å². The fourth-order valence-corrected chi connectivity index (χ4v) is 3.86. The molecule has 0 spiro atoms. The lowest BCUT2D eigenvalue weighted by molar-refractivity contribution is 0.122. The number of rotatable bonds is 7. The third-order valence-electron chi connectivity index (χ3n) is 5.72. The van der Waals surface area contributed by atoms with Gasteiger partial charge in [-0.15, -0.1) is 0 Å². The van der Waals surface area contributed by atoms with E-state index in [2.05, 4.69) is 60.0 Å². The molecule has 1 aromatic carbocycles. The van der Waals surface area contributed by atoms with Gasteiger partial charge in [0.25, 0.3) is 0 Å². The Balaban J connectivity index is 1.15. The predicted molar refractivity (Wildman–Crippen MR) is 133 cm³/mol. The molecule has 11 heteroatoms. The zero-order chi connectivity index (χ0) is 23.9. The number of hydrogen-bond acceptors (Lipinski definition) is 10. The van der Waals surface area contributed by atoms with E-state index in [0.29, 0.717) is 32.0 Å². The first-order valence-electron chi connectivity index (χ1n) is 11.5. The SMILES string of the molecule is Fc1cnc(N/N=C/c2ccc(Nc3ccc(N4CCOCC4)cc3)cn2)nc1N1CCOCC1. The van der Waals surface area contributed by atoms with Crippen molar-refractivity contribution in [2.24, 2.45) is 5.10 Å². The first-order valence-corrected chi connectivity index (χ1v) is 11.5. The van der Waals surface area contributed by atoms with Crippen LogP contribution in [0.25, 0.3) is 0 Å². The number of nitrogens with zero attached hydrogens (tertiary/aromatic N) is 6. The van der Waals surface area contributed by atoms with Crippen LogP contribution in [-0.2, 0) is 9.47 Å². The normalized spacial score (nSPS) is 16.5. The molecular formula is C24H27FN8O2. The Hall–Kier alpha value is -3.83. The van der Waals surface area contributed by atoms with Crippen LogP contribution in [0.1, 0.15) is 5.69 Å². The highest BCUT2D eigenvalue weighted by atomic mass is 19.1. The summed E-state index contributed by atoms with van der Waals surface area (Å²) >= 11 is 0. The maximum absolute atomic E-state index is 14.1. The average Bonchev–Trinajstić information content (AvgIpc) is 2.92. The zero-order valence-corrected chi connectivity index (χ0v) is 19.2. The Morgan fingerprint density at radius 1 is 0.829 bits per heavy atom. The van der Waals surface area contributed by atoms with E-state index in [4.69, 9.17) is 9.47 Å². The molecule has 2 aromatic heterocycles. The standard InChI is InChI=1S/C24H27FN8O2/c25-22-17-27-24(30-23(22)33-9-13-35-14-10-33)31-28-16-19-1-2-20(15-26-19)29-18-3-5-21(6-4-18)32-7-11-34-12-8-32/h1-6,15-17,29H,7-14H2,(H,27,30,31)/b28-16+. The number of pyridine rings is 1. The second-order valence-electron chi connectivity index (χ2n) is 8.08. The summed E-state index contributed by atoms with van der Waals surface area (Å²) in [6.07, 6.45) is 4.44. The van der Waals surface area contributed by atoms with Gasteiger partial charge in [0.2, 0.25) is 5.95 Å². The molecule has 0 bridgehead atoms. The number of halogens is 1. The van der Waals surface area contributed by atoms with Crippen LogP contribution >= 0.6 is 0 Å². The summed E-state index contributed by atoms with van der Waals surface area (Å²) in [7, 11) is 0. The highest BCUT2D eigenvalue weighted by Gasteiger charge is 2.17. The van der Waals surface area contributed by atoms with Gasteiger partial charge >= 0.3 is 0 Å². The number of morpholine rings is 2. The fourth-order valence-electron chi connectivity index (χ4n) is 3.86. The predicted octanol–water partition coefficient (Wildman–Crippen LogP) is 2.87. The number of nitrogens with one attached hydrogen (secondary N) is 2. The van der Waals surface area contributed by atoms with Gasteiger partial charge < -0.3 is 24.6 Å². The smallest absolute Gasteiger partial charge is 0.245 e. The topological polar surface area (TPSA) is 100 Å². The molecule has 35 heavy (non-hydrogen) atoms. The molecule has 2 fully saturated rings. The summed E-state index contributed by atoms with van der Waals surface area (Å²) in [6.45, 7) is 5.61. The molecule has 2 aliphatic rings. The Labute approximate surface area is 202 Å². The number of aromatic nitrogens is 3. The quantitative estimate of drug-likeness (QED) is 0.392. The largest absolute Gasteiger partial charge is 0.378 e.